The third-order valence-electron chi connectivity index (χ3n) is 4.00. The summed E-state index contributed by atoms with van der Waals surface area (Å²) in [7, 11) is 3.49. The highest BCUT2D eigenvalue weighted by Crippen LogP contribution is 2.31. The van der Waals surface area contributed by atoms with Crippen molar-refractivity contribution in [1.29, 1.82) is 0 Å². The van der Waals surface area contributed by atoms with Crippen LogP contribution in [0, 0.1) is 11.8 Å². The van der Waals surface area contributed by atoms with Crippen molar-refractivity contribution in [1.82, 2.24) is 9.88 Å². The van der Waals surface area contributed by atoms with Gasteiger partial charge in [0.05, 0.1) is 5.56 Å². The van der Waals surface area contributed by atoms with Crippen LogP contribution < -0.4 is 5.32 Å². The fourth-order valence-electron chi connectivity index (χ4n) is 2.64. The third-order valence-corrected chi connectivity index (χ3v) is 4.00. The molecule has 0 radical (unpaired) electrons. The smallest absolute Gasteiger partial charge is 0.254 e. The van der Waals surface area contributed by atoms with Crippen molar-refractivity contribution >= 4 is 11.7 Å². The highest BCUT2D eigenvalue weighted by atomic mass is 16.2. The predicted octanol–water partition coefficient (Wildman–Crippen LogP) is 2.63. The van der Waals surface area contributed by atoms with E-state index in [1.54, 1.807) is 25.2 Å². The Labute approximate surface area is 115 Å². The molecule has 0 aliphatic heterocycles. The van der Waals surface area contributed by atoms with Gasteiger partial charge < -0.3 is 10.2 Å². The van der Waals surface area contributed by atoms with Crippen LogP contribution in [-0.2, 0) is 0 Å². The Balaban J connectivity index is 1.90. The van der Waals surface area contributed by atoms with E-state index in [1.165, 1.54) is 19.3 Å². The van der Waals surface area contributed by atoms with Gasteiger partial charge in [0.1, 0.15) is 5.82 Å². The molecule has 2 rings (SSSR count). The molecule has 2 unspecified atom stereocenters. The van der Waals surface area contributed by atoms with Crippen molar-refractivity contribution in [2.24, 2.45) is 11.8 Å². The number of rotatable bonds is 4. The molecule has 4 nitrogen and oxygen atoms in total. The maximum absolute atomic E-state index is 11.7. The van der Waals surface area contributed by atoms with Crippen LogP contribution in [0.5, 0.6) is 0 Å². The second kappa shape index (κ2) is 6.04. The molecule has 1 amide bonds. The second-order valence-corrected chi connectivity index (χ2v) is 5.68. The number of aromatic nitrogens is 1. The highest BCUT2D eigenvalue weighted by molar-refractivity contribution is 5.93. The number of nitrogens with one attached hydrogen (secondary N) is 1. The number of pyridine rings is 1. The third kappa shape index (κ3) is 3.46. The summed E-state index contributed by atoms with van der Waals surface area (Å²) in [6, 6.07) is 3.71. The van der Waals surface area contributed by atoms with Gasteiger partial charge >= 0.3 is 0 Å². The van der Waals surface area contributed by atoms with Gasteiger partial charge in [0, 0.05) is 26.8 Å². The molecule has 0 aromatic carbocycles. The largest absolute Gasteiger partial charge is 0.370 e. The molecule has 4 heteroatoms. The Bertz CT molecular complexity index is 428. The molecule has 1 saturated carbocycles. The zero-order chi connectivity index (χ0) is 13.8. The van der Waals surface area contributed by atoms with Gasteiger partial charge in [-0.3, -0.25) is 4.79 Å². The van der Waals surface area contributed by atoms with Gasteiger partial charge in [-0.15, -0.1) is 0 Å². The maximum atomic E-state index is 11.7. The lowest BCUT2D eigenvalue weighted by Crippen LogP contribution is -2.22. The van der Waals surface area contributed by atoms with E-state index in [1.807, 2.05) is 12.1 Å². The average molecular weight is 261 g/mol. The molecular weight excluding hydrogens is 238 g/mol. The number of carbonyl (C=O) groups is 1. The molecule has 0 bridgehead atoms. The van der Waals surface area contributed by atoms with Crippen LogP contribution in [0.1, 0.15) is 36.5 Å². The topological polar surface area (TPSA) is 45.2 Å². The first-order valence-corrected chi connectivity index (χ1v) is 6.99. The molecular formula is C15H23N3O. The maximum Gasteiger partial charge on any atom is 0.254 e. The monoisotopic (exact) mass is 261 g/mol. The summed E-state index contributed by atoms with van der Waals surface area (Å²) in [4.78, 5) is 17.6. The summed E-state index contributed by atoms with van der Waals surface area (Å²) in [5.41, 5.74) is 0.629. The van der Waals surface area contributed by atoms with E-state index in [4.69, 9.17) is 0 Å². The van der Waals surface area contributed by atoms with Gasteiger partial charge in [-0.2, -0.15) is 0 Å². The van der Waals surface area contributed by atoms with Gasteiger partial charge in [0.15, 0.2) is 0 Å². The molecule has 1 fully saturated rings. The zero-order valence-corrected chi connectivity index (χ0v) is 12.0. The van der Waals surface area contributed by atoms with Gasteiger partial charge in [-0.25, -0.2) is 4.98 Å². The van der Waals surface area contributed by atoms with Crippen molar-refractivity contribution in [3.05, 3.63) is 23.9 Å². The summed E-state index contributed by atoms with van der Waals surface area (Å²) in [6.45, 7) is 3.31. The molecule has 0 spiro atoms. The summed E-state index contributed by atoms with van der Waals surface area (Å²) >= 11 is 0. The van der Waals surface area contributed by atoms with Crippen LogP contribution in [0.2, 0.25) is 0 Å². The SMILES string of the molecule is CC1CCCC1CNc1ccc(C(=O)N(C)C)cn1. The van der Waals surface area contributed by atoms with Gasteiger partial charge in [-0.05, 0) is 30.4 Å². The van der Waals surface area contributed by atoms with Crippen molar-refractivity contribution in [3.8, 4) is 0 Å². The van der Waals surface area contributed by atoms with Crippen molar-refractivity contribution in [2.75, 3.05) is 26.0 Å². The molecule has 1 aromatic rings. The molecule has 19 heavy (non-hydrogen) atoms. The van der Waals surface area contributed by atoms with Gasteiger partial charge in [-0.1, -0.05) is 19.8 Å². The van der Waals surface area contributed by atoms with Gasteiger partial charge in [0.25, 0.3) is 5.91 Å². The van der Waals surface area contributed by atoms with E-state index in [0.29, 0.717) is 5.56 Å². The van der Waals surface area contributed by atoms with Crippen LogP contribution in [0.4, 0.5) is 5.82 Å². The first-order valence-electron chi connectivity index (χ1n) is 6.99. The normalized spacial score (nSPS) is 22.3. The van der Waals surface area contributed by atoms with E-state index in [2.05, 4.69) is 17.2 Å². The Hall–Kier alpha value is -1.58. The predicted molar refractivity (Wildman–Crippen MR) is 77.2 cm³/mol. The first-order chi connectivity index (χ1) is 9.08. The van der Waals surface area contributed by atoms with E-state index in [9.17, 15) is 4.79 Å². The highest BCUT2D eigenvalue weighted by Gasteiger charge is 2.22. The summed E-state index contributed by atoms with van der Waals surface area (Å²) in [5, 5.41) is 3.38. The lowest BCUT2D eigenvalue weighted by molar-refractivity contribution is 0.0827. The van der Waals surface area contributed by atoms with Gasteiger partial charge in [0.2, 0.25) is 0 Å². The summed E-state index contributed by atoms with van der Waals surface area (Å²) in [5.74, 6) is 2.41. The van der Waals surface area contributed by atoms with E-state index < -0.39 is 0 Å². The zero-order valence-electron chi connectivity index (χ0n) is 12.0. The van der Waals surface area contributed by atoms with Crippen molar-refractivity contribution in [3.63, 3.8) is 0 Å². The molecule has 1 aliphatic carbocycles. The van der Waals surface area contributed by atoms with Crippen LogP contribution in [-0.4, -0.2) is 36.4 Å². The Morgan fingerprint density at radius 2 is 2.21 bits per heavy atom. The average Bonchev–Trinajstić information content (AvgIpc) is 2.81. The molecule has 1 aromatic heterocycles. The van der Waals surface area contributed by atoms with Crippen molar-refractivity contribution in [2.45, 2.75) is 26.2 Å². The molecule has 0 saturated heterocycles. The van der Waals surface area contributed by atoms with Crippen molar-refractivity contribution < 1.29 is 4.79 Å². The van der Waals surface area contributed by atoms with E-state index >= 15 is 0 Å². The quantitative estimate of drug-likeness (QED) is 0.906. The standard InChI is InChI=1S/C15H23N3O/c1-11-5-4-6-12(11)9-16-14-8-7-13(10-17-14)15(19)18(2)3/h7-8,10-12H,4-6,9H2,1-3H3,(H,16,17). The minimum Gasteiger partial charge on any atom is -0.370 e. The summed E-state index contributed by atoms with van der Waals surface area (Å²) in [6.07, 6.45) is 5.64. The lowest BCUT2D eigenvalue weighted by Gasteiger charge is -2.16. The minimum absolute atomic E-state index is 0.0107. The number of hydrogen-bond acceptors (Lipinski definition) is 3. The van der Waals surface area contributed by atoms with Crippen LogP contribution in [0.3, 0.4) is 0 Å². The van der Waals surface area contributed by atoms with E-state index in [-0.39, 0.29) is 5.91 Å². The molecule has 104 valence electrons. The Morgan fingerprint density at radius 3 is 2.74 bits per heavy atom. The second-order valence-electron chi connectivity index (χ2n) is 5.68. The number of amides is 1. The lowest BCUT2D eigenvalue weighted by atomic mass is 9.98. The van der Waals surface area contributed by atoms with Crippen LogP contribution >= 0.6 is 0 Å². The molecule has 1 heterocycles. The Morgan fingerprint density at radius 1 is 1.42 bits per heavy atom. The van der Waals surface area contributed by atoms with E-state index in [0.717, 1.165) is 24.2 Å². The number of nitrogens with zero attached hydrogens (tertiary/aromatic N) is 2. The number of carbonyl (C=O) groups excluding carboxylic acids is 1. The Kier molecular flexibility index (Phi) is 4.40. The minimum atomic E-state index is -0.0107. The number of anilines is 1. The first kappa shape index (κ1) is 13.8. The molecule has 1 N–H and O–H groups in total. The fraction of sp³-hybridized carbons (Fsp3) is 0.600. The number of hydrogen-bond donors (Lipinski definition) is 1. The molecule has 2 atom stereocenters. The molecule has 1 aliphatic rings. The van der Waals surface area contributed by atoms with Crippen LogP contribution in [0.15, 0.2) is 18.3 Å². The summed E-state index contributed by atoms with van der Waals surface area (Å²) < 4.78 is 0. The van der Waals surface area contributed by atoms with Crippen LogP contribution in [0.25, 0.3) is 0 Å². The fourth-order valence-corrected chi connectivity index (χ4v) is 2.64.